The van der Waals surface area contributed by atoms with Gasteiger partial charge in [0.1, 0.15) is 6.04 Å². The molecule has 1 aromatic heterocycles. The molecule has 246 valence electrons. The minimum atomic E-state index is -4.52. The minimum absolute atomic E-state index is 0.0983. The number of alkyl halides is 3. The molecule has 0 aliphatic rings. The molecule has 2 amide bonds. The zero-order chi connectivity index (χ0) is 33.0. The van der Waals surface area contributed by atoms with Crippen LogP contribution in [0, 0.1) is 0 Å². The number of aromatic nitrogens is 1. The molecule has 45 heavy (non-hydrogen) atoms. The largest absolute Gasteiger partial charge is 0.416 e. The highest BCUT2D eigenvalue weighted by atomic mass is 32.2. The Morgan fingerprint density at radius 2 is 1.62 bits per heavy atom. The Hall–Kier alpha value is -3.67. The number of nitrogens with two attached hydrogens (primary N) is 3. The van der Waals surface area contributed by atoms with Crippen molar-refractivity contribution in [3.8, 4) is 0 Å². The van der Waals surface area contributed by atoms with Crippen LogP contribution in [0.5, 0.6) is 0 Å². The van der Waals surface area contributed by atoms with E-state index in [0.717, 1.165) is 21.8 Å². The van der Waals surface area contributed by atoms with Gasteiger partial charge in [0.25, 0.3) is 10.2 Å². The highest BCUT2D eigenvalue weighted by molar-refractivity contribution is 7.87. The first-order chi connectivity index (χ1) is 21.3. The summed E-state index contributed by atoms with van der Waals surface area (Å²) in [5, 5.41) is 6.10. The van der Waals surface area contributed by atoms with Crippen LogP contribution in [-0.4, -0.2) is 74.3 Å². The van der Waals surface area contributed by atoms with Gasteiger partial charge in [-0.2, -0.15) is 25.9 Å². The summed E-state index contributed by atoms with van der Waals surface area (Å²) in [5.74, 6) is -1.25. The molecule has 0 bridgehead atoms. The van der Waals surface area contributed by atoms with E-state index in [1.165, 1.54) is 18.3 Å². The molecule has 2 atom stereocenters. The molecule has 0 aliphatic carbocycles. The van der Waals surface area contributed by atoms with E-state index in [0.29, 0.717) is 29.6 Å². The molecule has 9 N–H and O–H groups in total. The number of carbonyl (C=O) groups is 2. The maximum absolute atomic E-state index is 13.3. The van der Waals surface area contributed by atoms with Crippen LogP contribution in [0.2, 0.25) is 0 Å². The number of hydrogen-bond donors (Lipinski definition) is 6. The van der Waals surface area contributed by atoms with Gasteiger partial charge in [-0.3, -0.25) is 14.6 Å². The highest BCUT2D eigenvalue weighted by Gasteiger charge is 2.30. The van der Waals surface area contributed by atoms with Crippen LogP contribution in [-0.2, 0) is 32.4 Å². The lowest BCUT2D eigenvalue weighted by molar-refractivity contribution is -0.137. The van der Waals surface area contributed by atoms with Crippen LogP contribution in [0.25, 0.3) is 10.9 Å². The van der Waals surface area contributed by atoms with Crippen molar-refractivity contribution < 1.29 is 31.2 Å². The van der Waals surface area contributed by atoms with Gasteiger partial charge in [-0.15, -0.1) is 0 Å². The van der Waals surface area contributed by atoms with E-state index >= 15 is 0 Å². The molecule has 0 spiro atoms. The van der Waals surface area contributed by atoms with Crippen molar-refractivity contribution in [1.82, 2.24) is 19.3 Å². The number of unbranched alkanes of at least 4 members (excludes halogenated alkanes) is 1. The number of halogens is 3. The van der Waals surface area contributed by atoms with Gasteiger partial charge in [-0.1, -0.05) is 36.8 Å². The van der Waals surface area contributed by atoms with Gasteiger partial charge in [0.05, 0.1) is 29.0 Å². The van der Waals surface area contributed by atoms with Crippen LogP contribution < -0.4 is 32.6 Å². The second kappa shape index (κ2) is 16.6. The van der Waals surface area contributed by atoms with E-state index in [4.69, 9.17) is 17.2 Å². The third kappa shape index (κ3) is 11.0. The lowest BCUT2D eigenvalue weighted by Crippen LogP contribution is -2.51. The number of amides is 2. The number of anilines is 1. The predicted octanol–water partition coefficient (Wildman–Crippen LogP) is 1.47. The maximum Gasteiger partial charge on any atom is 0.416 e. The number of nitrogens with zero attached hydrogens (tertiary/aromatic N) is 2. The van der Waals surface area contributed by atoms with Gasteiger partial charge in [0.15, 0.2) is 0 Å². The third-order valence-corrected chi connectivity index (χ3v) is 8.49. The number of benzene rings is 2. The summed E-state index contributed by atoms with van der Waals surface area (Å²) >= 11 is 0. The summed E-state index contributed by atoms with van der Waals surface area (Å²) in [6.45, 7) is 0.622. The van der Waals surface area contributed by atoms with Crippen molar-refractivity contribution in [2.45, 2.75) is 43.9 Å². The Labute approximate surface area is 260 Å². The molecule has 12 nitrogen and oxygen atoms in total. The van der Waals surface area contributed by atoms with E-state index in [9.17, 15) is 31.2 Å². The molecule has 3 aromatic rings. The topological polar surface area (TPSA) is 199 Å². The third-order valence-electron chi connectivity index (χ3n) is 6.87. The molecule has 1 heterocycles. The van der Waals surface area contributed by atoms with Crippen LogP contribution in [0.15, 0.2) is 60.8 Å². The van der Waals surface area contributed by atoms with Crippen LogP contribution in [0.4, 0.5) is 18.9 Å². The molecule has 0 radical (unpaired) electrons. The van der Waals surface area contributed by atoms with Gasteiger partial charge < -0.3 is 27.8 Å². The lowest BCUT2D eigenvalue weighted by atomic mass is 10.0. The number of nitrogens with one attached hydrogen (secondary N) is 3. The second-order valence-electron chi connectivity index (χ2n) is 10.3. The van der Waals surface area contributed by atoms with Gasteiger partial charge in [0.2, 0.25) is 11.8 Å². The van der Waals surface area contributed by atoms with Gasteiger partial charge >= 0.3 is 6.18 Å². The Kier molecular flexibility index (Phi) is 13.2. The van der Waals surface area contributed by atoms with Crippen molar-refractivity contribution in [2.75, 3.05) is 38.0 Å². The molecule has 0 aliphatic heterocycles. The van der Waals surface area contributed by atoms with Crippen molar-refractivity contribution in [2.24, 2.45) is 17.2 Å². The fraction of sp³-hybridized carbons (Fsp3) is 0.414. The summed E-state index contributed by atoms with van der Waals surface area (Å²) in [7, 11) is -3.77. The summed E-state index contributed by atoms with van der Waals surface area (Å²) in [4.78, 5) is 30.6. The SMILES string of the molecule is NCCN(CCN)S(=O)(=O)NCCCCC(N)C(=O)NC(Cc1ccc(C(F)(F)F)cc1)C(=O)Nc1cnc2ccccc2c1. The number of carbonyl (C=O) groups excluding carboxylic acids is 2. The fourth-order valence-corrected chi connectivity index (χ4v) is 5.75. The number of fused-ring (bicyclic) bond motifs is 1. The molecular weight excluding hydrogens is 613 g/mol. The number of para-hydroxylation sites is 1. The van der Waals surface area contributed by atoms with E-state index in [1.807, 2.05) is 24.3 Å². The van der Waals surface area contributed by atoms with Crippen LogP contribution in [0.3, 0.4) is 0 Å². The maximum atomic E-state index is 13.3. The zero-order valence-corrected chi connectivity index (χ0v) is 25.4. The average Bonchev–Trinajstić information content (AvgIpc) is 3.00. The lowest BCUT2D eigenvalue weighted by Gasteiger charge is -2.22. The second-order valence-corrected chi connectivity index (χ2v) is 12.1. The molecule has 3 rings (SSSR count). The summed E-state index contributed by atoms with van der Waals surface area (Å²) in [6, 6.07) is 11.1. The van der Waals surface area contributed by atoms with Crippen molar-refractivity contribution in [3.63, 3.8) is 0 Å². The van der Waals surface area contributed by atoms with Crippen LogP contribution in [0.1, 0.15) is 30.4 Å². The van der Waals surface area contributed by atoms with Gasteiger partial charge in [0, 0.05) is 44.5 Å². The number of pyridine rings is 1. The van der Waals surface area contributed by atoms with E-state index < -0.39 is 45.8 Å². The molecule has 0 saturated heterocycles. The molecule has 0 saturated carbocycles. The average molecular weight is 653 g/mol. The molecule has 16 heteroatoms. The van der Waals surface area contributed by atoms with Crippen molar-refractivity contribution in [1.29, 1.82) is 0 Å². The standard InChI is InChI=1S/C29H39F3N8O4S/c30-29(31,32)22-10-8-20(9-11-22)17-26(28(42)38-23-18-21-5-1-2-7-25(21)36-19-23)39-27(41)24(35)6-3-4-14-37-45(43,44)40(15-12-33)16-13-34/h1-2,5,7-11,18-19,24,26,37H,3-4,6,12-17,33-35H2,(H,38,42)(H,39,41). The minimum Gasteiger partial charge on any atom is -0.343 e. The zero-order valence-electron chi connectivity index (χ0n) is 24.6. The van der Waals surface area contributed by atoms with Crippen LogP contribution >= 0.6 is 0 Å². The first-order valence-corrected chi connectivity index (χ1v) is 15.8. The summed E-state index contributed by atoms with van der Waals surface area (Å²) in [6.07, 6.45) is -2.21. The van der Waals surface area contributed by atoms with E-state index in [1.54, 1.807) is 6.07 Å². The monoisotopic (exact) mass is 652 g/mol. The quantitative estimate of drug-likeness (QED) is 0.118. The van der Waals surface area contributed by atoms with Crippen molar-refractivity contribution >= 4 is 38.6 Å². The smallest absolute Gasteiger partial charge is 0.343 e. The predicted molar refractivity (Wildman–Crippen MR) is 166 cm³/mol. The molecule has 2 aromatic carbocycles. The van der Waals surface area contributed by atoms with Gasteiger partial charge in [-0.25, -0.2) is 4.72 Å². The summed E-state index contributed by atoms with van der Waals surface area (Å²) < 4.78 is 67.6. The Bertz CT molecular complexity index is 1520. The van der Waals surface area contributed by atoms with E-state index in [2.05, 4.69) is 20.3 Å². The Morgan fingerprint density at radius 1 is 0.956 bits per heavy atom. The Balaban J connectivity index is 1.63. The number of hydrogen-bond acceptors (Lipinski definition) is 8. The van der Waals surface area contributed by atoms with E-state index in [-0.39, 0.29) is 45.6 Å². The first kappa shape index (κ1) is 35.8. The molecule has 0 fully saturated rings. The highest BCUT2D eigenvalue weighted by Crippen LogP contribution is 2.29. The van der Waals surface area contributed by atoms with Crippen molar-refractivity contribution in [3.05, 3.63) is 71.9 Å². The first-order valence-electron chi connectivity index (χ1n) is 14.4. The molecular formula is C29H39F3N8O4S. The number of rotatable bonds is 17. The fourth-order valence-electron chi connectivity index (χ4n) is 4.48. The Morgan fingerprint density at radius 3 is 2.27 bits per heavy atom. The summed E-state index contributed by atoms with van der Waals surface area (Å²) in [5.41, 5.74) is 17.7. The normalized spacial score (nSPS) is 13.5. The molecule has 2 unspecified atom stereocenters. The van der Waals surface area contributed by atoms with Gasteiger partial charge in [-0.05, 0) is 42.7 Å².